The van der Waals surface area contributed by atoms with Crippen molar-refractivity contribution in [2.45, 2.75) is 26.4 Å². The molecule has 0 fully saturated rings. The maximum atomic E-state index is 12.4. The fourth-order valence-corrected chi connectivity index (χ4v) is 6.29. The third kappa shape index (κ3) is 13.6. The van der Waals surface area contributed by atoms with E-state index < -0.39 is 11.9 Å². The van der Waals surface area contributed by atoms with Crippen LogP contribution in [0.15, 0.2) is 121 Å². The zero-order valence-electron chi connectivity index (χ0n) is 35.0. The Morgan fingerprint density at radius 3 is 1.11 bits per heavy atom. The van der Waals surface area contributed by atoms with Crippen molar-refractivity contribution in [3.8, 4) is 46.0 Å². The molecule has 15 heteroatoms. The molecule has 330 valence electrons. The molecule has 0 spiro atoms. The molecular formula is C48H47Cl2NO12. The summed E-state index contributed by atoms with van der Waals surface area (Å²) < 4.78 is 44.4. The zero-order chi connectivity index (χ0) is 45.1. The van der Waals surface area contributed by atoms with E-state index in [2.05, 4.69) is 5.32 Å². The molecule has 0 aliphatic heterocycles. The highest BCUT2D eigenvalue weighted by Gasteiger charge is 2.21. The van der Waals surface area contributed by atoms with E-state index in [-0.39, 0.29) is 72.3 Å². The number of carboxylic acids is 1. The monoisotopic (exact) mass is 899 g/mol. The van der Waals surface area contributed by atoms with Crippen LogP contribution in [0.2, 0.25) is 10.0 Å². The molecule has 0 atom stereocenters. The summed E-state index contributed by atoms with van der Waals surface area (Å²) in [4.78, 5) is 23.9. The molecule has 6 aromatic carbocycles. The van der Waals surface area contributed by atoms with Gasteiger partial charge in [0.15, 0.2) is 23.0 Å². The third-order valence-corrected chi connectivity index (χ3v) is 9.94. The van der Waals surface area contributed by atoms with Crippen molar-refractivity contribution < 1.29 is 57.7 Å². The molecule has 0 saturated heterocycles. The van der Waals surface area contributed by atoms with E-state index in [1.54, 1.807) is 46.6 Å². The van der Waals surface area contributed by atoms with Crippen LogP contribution in [0.1, 0.15) is 43.0 Å². The lowest BCUT2D eigenvalue weighted by Gasteiger charge is -2.17. The van der Waals surface area contributed by atoms with Gasteiger partial charge in [-0.3, -0.25) is 4.79 Å². The molecule has 1 amide bonds. The third-order valence-electron chi connectivity index (χ3n) is 9.19. The lowest BCUT2D eigenvalue weighted by Crippen LogP contribution is -2.26. The van der Waals surface area contributed by atoms with Gasteiger partial charge in [0.1, 0.15) is 54.4 Å². The average molecular weight is 901 g/mol. The Balaban J connectivity index is 0.000000239. The number of hydrogen-bond donors (Lipinski definition) is 3. The molecule has 63 heavy (non-hydrogen) atoms. The molecule has 3 N–H and O–H groups in total. The first-order valence-corrected chi connectivity index (χ1v) is 20.1. The van der Waals surface area contributed by atoms with Gasteiger partial charge in [-0.2, -0.15) is 0 Å². The van der Waals surface area contributed by atoms with Gasteiger partial charge in [0.05, 0.1) is 51.2 Å². The first kappa shape index (κ1) is 47.3. The number of carboxylic acid groups (broad SMARTS) is 1. The van der Waals surface area contributed by atoms with Gasteiger partial charge in [-0.15, -0.1) is 0 Å². The number of methoxy groups -OCH3 is 4. The maximum Gasteiger partial charge on any atom is 0.337 e. The molecule has 0 saturated carbocycles. The molecular weight excluding hydrogens is 853 g/mol. The fraction of sp³-hybridized carbons (Fsp3) is 0.208. The lowest BCUT2D eigenvalue weighted by atomic mass is 10.1. The first-order valence-electron chi connectivity index (χ1n) is 19.4. The number of amides is 1. The first-order chi connectivity index (χ1) is 30.6. The SMILES string of the molecule is COc1ccc(COc2ccc(C(=O)NCCO)c(Cl)c2OCc2ccc(OC)cc2)cc1.COc1ccc(COc2ccc(C(=O)O)c(Cl)c2OCc2ccc(OC)cc2)cc1. The molecule has 0 bridgehead atoms. The van der Waals surface area contributed by atoms with E-state index in [1.165, 1.54) is 6.07 Å². The molecule has 6 aromatic rings. The number of carbonyl (C=O) groups excluding carboxylic acids is 1. The molecule has 0 unspecified atom stereocenters. The fourth-order valence-electron chi connectivity index (χ4n) is 5.70. The van der Waals surface area contributed by atoms with E-state index in [4.69, 9.17) is 66.2 Å². The van der Waals surface area contributed by atoms with Crippen molar-refractivity contribution in [2.24, 2.45) is 0 Å². The van der Waals surface area contributed by atoms with Gasteiger partial charge in [-0.25, -0.2) is 4.79 Å². The number of aliphatic hydroxyl groups is 1. The van der Waals surface area contributed by atoms with Crippen molar-refractivity contribution in [1.29, 1.82) is 0 Å². The minimum absolute atomic E-state index is 0.0109. The minimum Gasteiger partial charge on any atom is -0.497 e. The Kier molecular flexibility index (Phi) is 18.0. The van der Waals surface area contributed by atoms with Crippen molar-refractivity contribution in [2.75, 3.05) is 41.6 Å². The maximum absolute atomic E-state index is 12.4. The van der Waals surface area contributed by atoms with Crippen LogP contribution in [0.5, 0.6) is 46.0 Å². The molecule has 13 nitrogen and oxygen atoms in total. The van der Waals surface area contributed by atoms with Crippen LogP contribution < -0.4 is 43.2 Å². The standard InChI is InChI=1S/C25H26ClNO6.C23H21ClO6/c1-30-19-7-3-17(4-8-19)15-32-22-12-11-21(25(29)27-13-14-28)23(26)24(22)33-16-18-5-9-20(31-2)10-6-18;1-27-17-7-3-15(4-8-17)13-29-20-12-11-19(23(25)26)21(24)22(20)30-14-16-5-9-18(28-2)10-6-16/h3-12,28H,13-16H2,1-2H3,(H,27,29);3-12H,13-14H2,1-2H3,(H,25,26). The highest BCUT2D eigenvalue weighted by molar-refractivity contribution is 6.36. The number of aromatic carboxylic acids is 1. The van der Waals surface area contributed by atoms with Crippen molar-refractivity contribution in [1.82, 2.24) is 5.32 Å². The molecule has 0 aliphatic carbocycles. The quantitative estimate of drug-likeness (QED) is 0.0667. The van der Waals surface area contributed by atoms with Crippen LogP contribution in [0.3, 0.4) is 0 Å². The summed E-state index contributed by atoms with van der Waals surface area (Å²) in [5, 5.41) is 21.1. The van der Waals surface area contributed by atoms with E-state index in [0.717, 1.165) is 45.3 Å². The lowest BCUT2D eigenvalue weighted by molar-refractivity contribution is 0.0696. The Hall–Kier alpha value is -6.80. The van der Waals surface area contributed by atoms with Gasteiger partial charge in [0, 0.05) is 6.54 Å². The van der Waals surface area contributed by atoms with Gasteiger partial charge < -0.3 is 53.4 Å². The second-order valence-electron chi connectivity index (χ2n) is 13.3. The van der Waals surface area contributed by atoms with Crippen molar-refractivity contribution in [3.05, 3.63) is 165 Å². The van der Waals surface area contributed by atoms with Crippen molar-refractivity contribution in [3.63, 3.8) is 0 Å². The molecule has 0 aromatic heterocycles. The summed E-state index contributed by atoms with van der Waals surface area (Å²) >= 11 is 12.9. The summed E-state index contributed by atoms with van der Waals surface area (Å²) in [5.41, 5.74) is 3.77. The van der Waals surface area contributed by atoms with E-state index in [0.29, 0.717) is 11.5 Å². The number of carbonyl (C=O) groups is 2. The van der Waals surface area contributed by atoms with Crippen molar-refractivity contribution >= 4 is 35.1 Å². The topological polar surface area (TPSA) is 160 Å². The Morgan fingerprint density at radius 2 is 0.794 bits per heavy atom. The van der Waals surface area contributed by atoms with Gasteiger partial charge in [0.25, 0.3) is 5.91 Å². The van der Waals surface area contributed by atoms with Gasteiger partial charge in [-0.05, 0) is 95.1 Å². The van der Waals surface area contributed by atoms with Crippen LogP contribution in [0.25, 0.3) is 0 Å². The predicted octanol–water partition coefficient (Wildman–Crippen LogP) is 9.45. The number of hydrogen-bond acceptors (Lipinski definition) is 11. The molecule has 0 heterocycles. The second-order valence-corrected chi connectivity index (χ2v) is 14.1. The van der Waals surface area contributed by atoms with Crippen LogP contribution in [0.4, 0.5) is 0 Å². The van der Waals surface area contributed by atoms with Gasteiger partial charge >= 0.3 is 5.97 Å². The molecule has 0 aliphatic rings. The van der Waals surface area contributed by atoms with Crippen LogP contribution >= 0.6 is 23.2 Å². The van der Waals surface area contributed by atoms with Crippen LogP contribution in [-0.2, 0) is 26.4 Å². The highest BCUT2D eigenvalue weighted by atomic mass is 35.5. The highest BCUT2D eigenvalue weighted by Crippen LogP contribution is 2.40. The second kappa shape index (κ2) is 24.0. The van der Waals surface area contributed by atoms with Crippen LogP contribution in [-0.4, -0.2) is 63.7 Å². The van der Waals surface area contributed by atoms with Gasteiger partial charge in [-0.1, -0.05) is 71.7 Å². The average Bonchev–Trinajstić information content (AvgIpc) is 3.32. The number of nitrogens with one attached hydrogen (secondary N) is 1. The zero-order valence-corrected chi connectivity index (χ0v) is 36.5. The predicted molar refractivity (Wildman–Crippen MR) is 239 cm³/mol. The largest absolute Gasteiger partial charge is 0.497 e. The minimum atomic E-state index is -1.14. The number of halogens is 2. The number of aliphatic hydroxyl groups excluding tert-OH is 1. The summed E-state index contributed by atoms with van der Waals surface area (Å²) in [6.07, 6.45) is 0. The summed E-state index contributed by atoms with van der Waals surface area (Å²) in [7, 11) is 6.41. The van der Waals surface area contributed by atoms with E-state index >= 15 is 0 Å². The Morgan fingerprint density at radius 1 is 0.476 bits per heavy atom. The molecule has 0 radical (unpaired) electrons. The summed E-state index contributed by atoms with van der Waals surface area (Å²) in [5.74, 6) is 2.62. The van der Waals surface area contributed by atoms with E-state index in [9.17, 15) is 14.7 Å². The van der Waals surface area contributed by atoms with Crippen LogP contribution in [0, 0.1) is 0 Å². The number of rotatable bonds is 20. The Labute approximate surface area is 375 Å². The summed E-state index contributed by atoms with van der Waals surface area (Å²) in [6, 6.07) is 35.8. The van der Waals surface area contributed by atoms with Gasteiger partial charge in [0.2, 0.25) is 0 Å². The van der Waals surface area contributed by atoms with E-state index in [1.807, 2.05) is 97.1 Å². The number of benzene rings is 6. The number of ether oxygens (including phenoxy) is 8. The molecule has 6 rings (SSSR count). The Bertz CT molecular complexity index is 2390. The smallest absolute Gasteiger partial charge is 0.337 e. The normalized spacial score (nSPS) is 10.4. The summed E-state index contributed by atoms with van der Waals surface area (Å²) in [6.45, 7) is 0.872.